The van der Waals surface area contributed by atoms with E-state index in [1.165, 1.54) is 12.1 Å². The molecule has 0 amide bonds. The monoisotopic (exact) mass is 286 g/mol. The topological polar surface area (TPSA) is 102 Å². The van der Waals surface area contributed by atoms with Gasteiger partial charge in [0.1, 0.15) is 0 Å². The van der Waals surface area contributed by atoms with Crippen LogP contribution in [0.1, 0.15) is 19.9 Å². The standard InChI is InChI=1S/C13H14N6O2/c1-8(2)18-7-9(6-14-18)15-13-16-11-4-3-10(19(20)21)5-12(11)17-13/h3-8H,1-2H3,(H2,15,16,17). The molecular weight excluding hydrogens is 272 g/mol. The molecule has 0 aliphatic carbocycles. The average Bonchev–Trinajstić information content (AvgIpc) is 3.03. The smallest absolute Gasteiger partial charge is 0.271 e. The summed E-state index contributed by atoms with van der Waals surface area (Å²) in [5, 5.41) is 18.1. The van der Waals surface area contributed by atoms with E-state index < -0.39 is 4.92 Å². The molecule has 0 radical (unpaired) electrons. The molecule has 0 atom stereocenters. The highest BCUT2D eigenvalue weighted by Gasteiger charge is 2.10. The Morgan fingerprint density at radius 1 is 1.43 bits per heavy atom. The molecule has 2 N–H and O–H groups in total. The van der Waals surface area contributed by atoms with E-state index in [9.17, 15) is 10.1 Å². The fraction of sp³-hybridized carbons (Fsp3) is 0.231. The van der Waals surface area contributed by atoms with Gasteiger partial charge in [-0.25, -0.2) is 4.98 Å². The molecule has 0 bridgehead atoms. The number of hydrogen-bond donors (Lipinski definition) is 2. The minimum atomic E-state index is -0.431. The van der Waals surface area contributed by atoms with Crippen LogP contribution in [0.4, 0.5) is 17.3 Å². The van der Waals surface area contributed by atoms with Crippen LogP contribution in [0.3, 0.4) is 0 Å². The van der Waals surface area contributed by atoms with Crippen LogP contribution in [0, 0.1) is 10.1 Å². The third kappa shape index (κ3) is 2.55. The molecule has 2 heterocycles. The lowest BCUT2D eigenvalue weighted by molar-refractivity contribution is -0.384. The second-order valence-electron chi connectivity index (χ2n) is 4.97. The number of H-pyrrole nitrogens is 1. The van der Waals surface area contributed by atoms with Gasteiger partial charge in [-0.3, -0.25) is 14.8 Å². The average molecular weight is 286 g/mol. The van der Waals surface area contributed by atoms with Gasteiger partial charge in [-0.2, -0.15) is 5.10 Å². The van der Waals surface area contributed by atoms with E-state index in [0.29, 0.717) is 17.0 Å². The van der Waals surface area contributed by atoms with Crippen molar-refractivity contribution in [2.45, 2.75) is 19.9 Å². The van der Waals surface area contributed by atoms with Crippen LogP contribution in [-0.4, -0.2) is 24.7 Å². The maximum atomic E-state index is 10.8. The predicted octanol–water partition coefficient (Wildman–Crippen LogP) is 2.99. The highest BCUT2D eigenvalue weighted by atomic mass is 16.6. The first kappa shape index (κ1) is 13.1. The summed E-state index contributed by atoms with van der Waals surface area (Å²) in [5.41, 5.74) is 2.12. The van der Waals surface area contributed by atoms with Gasteiger partial charge in [0.25, 0.3) is 5.69 Å². The Hall–Kier alpha value is -2.90. The summed E-state index contributed by atoms with van der Waals surface area (Å²) in [7, 11) is 0. The Labute approximate surface area is 120 Å². The van der Waals surface area contributed by atoms with Gasteiger partial charge in [0.2, 0.25) is 5.95 Å². The summed E-state index contributed by atoms with van der Waals surface area (Å²) in [6.07, 6.45) is 3.58. The molecular formula is C13H14N6O2. The molecule has 21 heavy (non-hydrogen) atoms. The van der Waals surface area contributed by atoms with Crippen molar-refractivity contribution >= 4 is 28.4 Å². The van der Waals surface area contributed by atoms with Gasteiger partial charge in [0.15, 0.2) is 0 Å². The first-order valence-corrected chi connectivity index (χ1v) is 6.48. The van der Waals surface area contributed by atoms with Crippen molar-refractivity contribution in [3.8, 4) is 0 Å². The van der Waals surface area contributed by atoms with Gasteiger partial charge in [0, 0.05) is 24.4 Å². The number of anilines is 2. The highest BCUT2D eigenvalue weighted by molar-refractivity contribution is 5.80. The first-order valence-electron chi connectivity index (χ1n) is 6.48. The maximum Gasteiger partial charge on any atom is 0.271 e. The summed E-state index contributed by atoms with van der Waals surface area (Å²) in [6, 6.07) is 4.79. The summed E-state index contributed by atoms with van der Waals surface area (Å²) in [4.78, 5) is 17.7. The summed E-state index contributed by atoms with van der Waals surface area (Å²) < 4.78 is 1.83. The third-order valence-electron chi connectivity index (χ3n) is 3.07. The van der Waals surface area contributed by atoms with Gasteiger partial charge < -0.3 is 10.3 Å². The molecule has 0 aliphatic heterocycles. The quantitative estimate of drug-likeness (QED) is 0.567. The van der Waals surface area contributed by atoms with Crippen molar-refractivity contribution in [2.24, 2.45) is 0 Å². The van der Waals surface area contributed by atoms with Crippen LogP contribution < -0.4 is 5.32 Å². The fourth-order valence-corrected chi connectivity index (χ4v) is 1.99. The van der Waals surface area contributed by atoms with Crippen molar-refractivity contribution in [1.82, 2.24) is 19.7 Å². The van der Waals surface area contributed by atoms with Crippen LogP contribution in [-0.2, 0) is 0 Å². The number of fused-ring (bicyclic) bond motifs is 1. The second-order valence-corrected chi connectivity index (χ2v) is 4.97. The Balaban J connectivity index is 1.88. The zero-order valence-electron chi connectivity index (χ0n) is 11.6. The van der Waals surface area contributed by atoms with Crippen LogP contribution in [0.15, 0.2) is 30.6 Å². The van der Waals surface area contributed by atoms with E-state index in [1.54, 1.807) is 12.3 Å². The van der Waals surface area contributed by atoms with Gasteiger partial charge >= 0.3 is 0 Å². The van der Waals surface area contributed by atoms with Gasteiger partial charge in [-0.1, -0.05) is 0 Å². The predicted molar refractivity (Wildman–Crippen MR) is 78.6 cm³/mol. The maximum absolute atomic E-state index is 10.8. The van der Waals surface area contributed by atoms with E-state index in [-0.39, 0.29) is 11.7 Å². The van der Waals surface area contributed by atoms with Gasteiger partial charge in [-0.05, 0) is 19.9 Å². The molecule has 0 fully saturated rings. The van der Waals surface area contributed by atoms with Crippen molar-refractivity contribution < 1.29 is 4.92 Å². The van der Waals surface area contributed by atoms with E-state index in [1.807, 2.05) is 24.7 Å². The molecule has 0 saturated heterocycles. The second kappa shape index (κ2) is 4.89. The number of rotatable bonds is 4. The largest absolute Gasteiger partial charge is 0.324 e. The van der Waals surface area contributed by atoms with Gasteiger partial charge in [-0.15, -0.1) is 0 Å². The van der Waals surface area contributed by atoms with E-state index >= 15 is 0 Å². The fourth-order valence-electron chi connectivity index (χ4n) is 1.99. The number of imidazole rings is 1. The zero-order chi connectivity index (χ0) is 15.0. The zero-order valence-corrected chi connectivity index (χ0v) is 11.6. The molecule has 0 spiro atoms. The number of nitrogens with one attached hydrogen (secondary N) is 2. The van der Waals surface area contributed by atoms with Crippen LogP contribution >= 0.6 is 0 Å². The summed E-state index contributed by atoms with van der Waals surface area (Å²) in [5.74, 6) is 0.522. The van der Waals surface area contributed by atoms with Gasteiger partial charge in [0.05, 0.1) is 27.8 Å². The Kier molecular flexibility index (Phi) is 3.05. The number of aromatic amines is 1. The van der Waals surface area contributed by atoms with Crippen molar-refractivity contribution in [2.75, 3.05) is 5.32 Å². The number of nitrogens with zero attached hydrogens (tertiary/aromatic N) is 4. The number of benzene rings is 1. The van der Waals surface area contributed by atoms with Crippen molar-refractivity contribution in [3.63, 3.8) is 0 Å². The first-order chi connectivity index (χ1) is 10.0. The van der Waals surface area contributed by atoms with Crippen molar-refractivity contribution in [1.29, 1.82) is 0 Å². The number of hydrogen-bond acceptors (Lipinski definition) is 5. The SMILES string of the molecule is CC(C)n1cc(Nc2nc3ccc([N+](=O)[O-])cc3[nH]2)cn1. The van der Waals surface area contributed by atoms with E-state index in [4.69, 9.17) is 0 Å². The summed E-state index contributed by atoms with van der Waals surface area (Å²) in [6.45, 7) is 4.08. The molecule has 3 rings (SSSR count). The molecule has 108 valence electrons. The summed E-state index contributed by atoms with van der Waals surface area (Å²) >= 11 is 0. The Morgan fingerprint density at radius 2 is 2.24 bits per heavy atom. The number of nitro benzene ring substituents is 1. The number of nitro groups is 1. The molecule has 0 saturated carbocycles. The highest BCUT2D eigenvalue weighted by Crippen LogP contribution is 2.22. The molecule has 8 heteroatoms. The van der Waals surface area contributed by atoms with E-state index in [0.717, 1.165) is 5.69 Å². The molecule has 8 nitrogen and oxygen atoms in total. The van der Waals surface area contributed by atoms with Crippen LogP contribution in [0.5, 0.6) is 0 Å². The van der Waals surface area contributed by atoms with Crippen molar-refractivity contribution in [3.05, 3.63) is 40.7 Å². The molecule has 0 unspecified atom stereocenters. The Morgan fingerprint density at radius 3 is 2.90 bits per heavy atom. The lowest BCUT2D eigenvalue weighted by atomic mass is 10.3. The minimum absolute atomic E-state index is 0.0327. The molecule has 1 aromatic carbocycles. The normalized spacial score (nSPS) is 11.2. The van der Waals surface area contributed by atoms with E-state index in [2.05, 4.69) is 20.4 Å². The number of aromatic nitrogens is 4. The lowest BCUT2D eigenvalue weighted by Gasteiger charge is -2.03. The van der Waals surface area contributed by atoms with Crippen LogP contribution in [0.25, 0.3) is 11.0 Å². The minimum Gasteiger partial charge on any atom is -0.324 e. The van der Waals surface area contributed by atoms with Crippen LogP contribution in [0.2, 0.25) is 0 Å². The molecule has 2 aromatic heterocycles. The lowest BCUT2D eigenvalue weighted by Crippen LogP contribution is -2.00. The Bertz CT molecular complexity index is 804. The molecule has 0 aliphatic rings. The number of non-ortho nitro benzene ring substituents is 1. The molecule has 3 aromatic rings. The third-order valence-corrected chi connectivity index (χ3v) is 3.07.